The second kappa shape index (κ2) is 3.35. The molecule has 0 unspecified atom stereocenters. The Labute approximate surface area is 84.1 Å². The van der Waals surface area contributed by atoms with Gasteiger partial charge in [0, 0.05) is 5.54 Å². The van der Waals surface area contributed by atoms with E-state index in [9.17, 15) is 4.39 Å². The highest BCUT2D eigenvalue weighted by molar-refractivity contribution is 5.33. The fourth-order valence-electron chi connectivity index (χ4n) is 2.41. The van der Waals surface area contributed by atoms with Crippen molar-refractivity contribution in [1.29, 1.82) is 0 Å². The summed E-state index contributed by atoms with van der Waals surface area (Å²) in [5, 5.41) is 0. The molecule has 14 heavy (non-hydrogen) atoms. The summed E-state index contributed by atoms with van der Waals surface area (Å²) in [6.07, 6.45) is 4.29. The molecule has 2 rings (SSSR count). The molecule has 1 aromatic rings. The van der Waals surface area contributed by atoms with Gasteiger partial charge in [-0.3, -0.25) is 0 Å². The predicted molar refractivity (Wildman–Crippen MR) is 55.5 cm³/mol. The number of hydrogen-bond acceptors (Lipinski definition) is 1. The summed E-state index contributed by atoms with van der Waals surface area (Å²) in [6, 6.07) is 4.91. The van der Waals surface area contributed by atoms with E-state index in [1.807, 2.05) is 13.0 Å². The normalized spacial score (nSPS) is 19.9. The van der Waals surface area contributed by atoms with E-state index >= 15 is 0 Å². The van der Waals surface area contributed by atoms with Crippen LogP contribution in [-0.4, -0.2) is 0 Å². The Morgan fingerprint density at radius 3 is 2.57 bits per heavy atom. The zero-order chi connectivity index (χ0) is 10.2. The summed E-state index contributed by atoms with van der Waals surface area (Å²) in [7, 11) is 0. The van der Waals surface area contributed by atoms with E-state index in [0.29, 0.717) is 0 Å². The van der Waals surface area contributed by atoms with Crippen LogP contribution in [-0.2, 0) is 5.54 Å². The number of hydrogen-bond donors (Lipinski definition) is 1. The molecule has 0 atom stereocenters. The van der Waals surface area contributed by atoms with Crippen LogP contribution in [0.2, 0.25) is 0 Å². The van der Waals surface area contributed by atoms with Gasteiger partial charge in [-0.05, 0) is 43.0 Å². The average Bonchev–Trinajstić information content (AvgIpc) is 2.58. The molecule has 0 saturated heterocycles. The molecule has 1 nitrogen and oxygen atoms in total. The van der Waals surface area contributed by atoms with Gasteiger partial charge in [0.15, 0.2) is 0 Å². The van der Waals surface area contributed by atoms with Gasteiger partial charge in [-0.1, -0.05) is 18.9 Å². The molecule has 2 heteroatoms. The third kappa shape index (κ3) is 1.55. The summed E-state index contributed by atoms with van der Waals surface area (Å²) < 4.78 is 13.1. The lowest BCUT2D eigenvalue weighted by molar-refractivity contribution is 0.455. The van der Waals surface area contributed by atoms with Crippen molar-refractivity contribution in [2.24, 2.45) is 5.73 Å². The molecule has 1 aliphatic carbocycles. The quantitative estimate of drug-likeness (QED) is 0.729. The van der Waals surface area contributed by atoms with Gasteiger partial charge in [-0.15, -0.1) is 0 Å². The first-order valence-electron chi connectivity index (χ1n) is 5.17. The summed E-state index contributed by atoms with van der Waals surface area (Å²) in [4.78, 5) is 0. The molecule has 1 fully saturated rings. The van der Waals surface area contributed by atoms with Crippen molar-refractivity contribution in [1.82, 2.24) is 0 Å². The van der Waals surface area contributed by atoms with Crippen molar-refractivity contribution in [3.8, 4) is 0 Å². The maximum Gasteiger partial charge on any atom is 0.123 e. The van der Waals surface area contributed by atoms with Gasteiger partial charge in [0.25, 0.3) is 0 Å². The van der Waals surface area contributed by atoms with Crippen molar-refractivity contribution in [3.63, 3.8) is 0 Å². The van der Waals surface area contributed by atoms with Crippen LogP contribution in [0, 0.1) is 12.7 Å². The first kappa shape index (κ1) is 9.66. The Morgan fingerprint density at radius 2 is 1.93 bits per heavy atom. The van der Waals surface area contributed by atoms with E-state index in [4.69, 9.17) is 5.73 Å². The van der Waals surface area contributed by atoms with Crippen LogP contribution in [0.3, 0.4) is 0 Å². The minimum atomic E-state index is -0.272. The molecule has 0 radical (unpaired) electrons. The fraction of sp³-hybridized carbons (Fsp3) is 0.500. The van der Waals surface area contributed by atoms with Crippen LogP contribution in [0.4, 0.5) is 4.39 Å². The number of benzene rings is 1. The number of halogens is 1. The fourth-order valence-corrected chi connectivity index (χ4v) is 2.41. The van der Waals surface area contributed by atoms with Gasteiger partial charge in [0.2, 0.25) is 0 Å². The van der Waals surface area contributed by atoms with Crippen LogP contribution in [0.25, 0.3) is 0 Å². The summed E-state index contributed by atoms with van der Waals surface area (Å²) in [5.41, 5.74) is 8.11. The van der Waals surface area contributed by atoms with Crippen LogP contribution in [0.5, 0.6) is 0 Å². The molecule has 0 aromatic heterocycles. The van der Waals surface area contributed by atoms with E-state index in [2.05, 4.69) is 0 Å². The molecular formula is C12H16FN. The Morgan fingerprint density at radius 1 is 1.29 bits per heavy atom. The summed E-state index contributed by atoms with van der Waals surface area (Å²) in [6.45, 7) is 2.00. The molecule has 0 spiro atoms. The highest BCUT2D eigenvalue weighted by Crippen LogP contribution is 2.37. The zero-order valence-electron chi connectivity index (χ0n) is 8.52. The first-order valence-corrected chi connectivity index (χ1v) is 5.17. The van der Waals surface area contributed by atoms with Crippen LogP contribution in [0.15, 0.2) is 18.2 Å². The Kier molecular flexibility index (Phi) is 2.31. The molecule has 0 heterocycles. The third-order valence-corrected chi connectivity index (χ3v) is 3.23. The van der Waals surface area contributed by atoms with E-state index < -0.39 is 0 Å². The highest BCUT2D eigenvalue weighted by atomic mass is 19.1. The number of nitrogens with two attached hydrogens (primary N) is 1. The monoisotopic (exact) mass is 193 g/mol. The van der Waals surface area contributed by atoms with Gasteiger partial charge in [-0.2, -0.15) is 0 Å². The average molecular weight is 193 g/mol. The molecule has 1 saturated carbocycles. The number of rotatable bonds is 1. The predicted octanol–water partition coefficient (Wildman–Crippen LogP) is 2.86. The largest absolute Gasteiger partial charge is 0.321 e. The molecule has 0 aliphatic heterocycles. The smallest absolute Gasteiger partial charge is 0.123 e. The van der Waals surface area contributed by atoms with Crippen LogP contribution in [0.1, 0.15) is 36.8 Å². The molecule has 1 aliphatic rings. The van der Waals surface area contributed by atoms with Gasteiger partial charge >= 0.3 is 0 Å². The minimum absolute atomic E-state index is 0.178. The Balaban J connectivity index is 2.44. The molecule has 0 amide bonds. The van der Waals surface area contributed by atoms with Crippen molar-refractivity contribution >= 4 is 0 Å². The van der Waals surface area contributed by atoms with E-state index in [-0.39, 0.29) is 11.4 Å². The lowest BCUT2D eigenvalue weighted by Crippen LogP contribution is -2.34. The van der Waals surface area contributed by atoms with Gasteiger partial charge in [-0.25, -0.2) is 4.39 Å². The zero-order valence-corrected chi connectivity index (χ0v) is 8.52. The van der Waals surface area contributed by atoms with Crippen LogP contribution < -0.4 is 5.73 Å². The maximum absolute atomic E-state index is 13.1. The van der Waals surface area contributed by atoms with Crippen molar-refractivity contribution in [3.05, 3.63) is 35.1 Å². The van der Waals surface area contributed by atoms with Gasteiger partial charge in [0.1, 0.15) is 5.82 Å². The third-order valence-electron chi connectivity index (χ3n) is 3.23. The lowest BCUT2D eigenvalue weighted by atomic mass is 9.86. The van der Waals surface area contributed by atoms with Crippen molar-refractivity contribution in [2.45, 2.75) is 38.1 Å². The molecule has 76 valence electrons. The van der Waals surface area contributed by atoms with Crippen molar-refractivity contribution in [2.75, 3.05) is 0 Å². The van der Waals surface area contributed by atoms with Gasteiger partial charge in [0.05, 0.1) is 0 Å². The lowest BCUT2D eigenvalue weighted by Gasteiger charge is -2.26. The molecule has 2 N–H and O–H groups in total. The SMILES string of the molecule is Cc1ccc(F)cc1C1(N)CCCC1. The standard InChI is InChI=1S/C12H16FN/c1-9-4-5-10(13)8-11(9)12(14)6-2-3-7-12/h4-5,8H,2-3,6-7,14H2,1H3. The van der Waals surface area contributed by atoms with Crippen LogP contribution >= 0.6 is 0 Å². The second-order valence-corrected chi connectivity index (χ2v) is 4.32. The van der Waals surface area contributed by atoms with E-state index in [1.54, 1.807) is 6.07 Å². The van der Waals surface area contributed by atoms with Crippen molar-refractivity contribution < 1.29 is 4.39 Å². The highest BCUT2D eigenvalue weighted by Gasteiger charge is 2.32. The Hall–Kier alpha value is -0.890. The topological polar surface area (TPSA) is 26.0 Å². The van der Waals surface area contributed by atoms with E-state index in [0.717, 1.165) is 36.8 Å². The molecule has 1 aromatic carbocycles. The molecule has 0 bridgehead atoms. The summed E-state index contributed by atoms with van der Waals surface area (Å²) in [5.74, 6) is -0.178. The maximum atomic E-state index is 13.1. The Bertz CT molecular complexity index is 340. The molecular weight excluding hydrogens is 177 g/mol. The number of aryl methyl sites for hydroxylation is 1. The minimum Gasteiger partial charge on any atom is -0.321 e. The van der Waals surface area contributed by atoms with E-state index in [1.165, 1.54) is 6.07 Å². The van der Waals surface area contributed by atoms with Gasteiger partial charge < -0.3 is 5.73 Å². The first-order chi connectivity index (χ1) is 6.62. The summed E-state index contributed by atoms with van der Waals surface area (Å²) >= 11 is 0. The second-order valence-electron chi connectivity index (χ2n) is 4.32.